The minimum Gasteiger partial charge on any atom is -0.384 e. The normalized spacial score (nSPS) is 16.9. The minimum absolute atomic E-state index is 0.0419. The lowest BCUT2D eigenvalue weighted by molar-refractivity contribution is -0.441. The van der Waals surface area contributed by atoms with E-state index in [0.717, 1.165) is 31.2 Å². The molecule has 0 fully saturated rings. The van der Waals surface area contributed by atoms with Gasteiger partial charge in [0.1, 0.15) is 5.60 Å². The molecule has 2 aromatic rings. The molecule has 37 heavy (non-hydrogen) atoms. The van der Waals surface area contributed by atoms with Crippen LogP contribution < -0.4 is 0 Å². The van der Waals surface area contributed by atoms with Crippen molar-refractivity contribution in [3.8, 4) is 0 Å². The molecule has 0 aliphatic heterocycles. The zero-order valence-electron chi connectivity index (χ0n) is 18.2. The molecule has 0 bridgehead atoms. The fourth-order valence-corrected chi connectivity index (χ4v) is 3.64. The van der Waals surface area contributed by atoms with Gasteiger partial charge >= 0.3 is 35.8 Å². The number of halogens is 14. The van der Waals surface area contributed by atoms with Crippen LogP contribution in [0.3, 0.4) is 0 Å². The molecule has 0 amide bonds. The first-order valence-electron chi connectivity index (χ1n) is 9.96. The molecule has 0 saturated carbocycles. The summed E-state index contributed by atoms with van der Waals surface area (Å²) in [6.45, 7) is 0.975. The van der Waals surface area contributed by atoms with E-state index in [1.54, 1.807) is 0 Å². The van der Waals surface area contributed by atoms with Crippen LogP contribution in [0.15, 0.2) is 54.6 Å². The molecule has 1 nitrogen and oxygen atoms in total. The second-order valence-electron chi connectivity index (χ2n) is 8.24. The number of rotatable bonds is 9. The van der Waals surface area contributed by atoms with E-state index in [-0.39, 0.29) is 10.6 Å². The van der Waals surface area contributed by atoms with Crippen molar-refractivity contribution in [3.05, 3.63) is 70.7 Å². The van der Waals surface area contributed by atoms with E-state index in [2.05, 4.69) is 0 Å². The SMILES string of the molecule is CC(c1ccccc1)C(O)(CC(F)(F)C(F)(F)C(F)(F)C(F)(F)C(F)(F)C(F)(F)F)c1ccc(Cl)cc1. The highest BCUT2D eigenvalue weighted by Gasteiger charge is 2.90. The maximum atomic E-state index is 14.8. The molecule has 0 aromatic heterocycles. The van der Waals surface area contributed by atoms with Crippen LogP contribution in [0.25, 0.3) is 0 Å². The van der Waals surface area contributed by atoms with Crippen LogP contribution >= 0.6 is 11.6 Å². The van der Waals surface area contributed by atoms with Crippen molar-refractivity contribution in [2.45, 2.75) is 60.7 Å². The molecule has 0 aliphatic rings. The Morgan fingerprint density at radius 3 is 1.51 bits per heavy atom. The van der Waals surface area contributed by atoms with Crippen molar-refractivity contribution in [2.24, 2.45) is 0 Å². The molecule has 2 atom stereocenters. The lowest BCUT2D eigenvalue weighted by atomic mass is 9.73. The largest absolute Gasteiger partial charge is 0.460 e. The Bertz CT molecular complexity index is 1070. The summed E-state index contributed by atoms with van der Waals surface area (Å²) in [5.74, 6) is -39.4. The highest BCUT2D eigenvalue weighted by Crippen LogP contribution is 2.62. The average molecular weight is 579 g/mol. The summed E-state index contributed by atoms with van der Waals surface area (Å²) in [5.41, 5.74) is -3.98. The van der Waals surface area contributed by atoms with E-state index in [9.17, 15) is 62.2 Å². The zero-order valence-corrected chi connectivity index (χ0v) is 19.0. The molecule has 15 heteroatoms. The predicted octanol–water partition coefficient (Wildman–Crippen LogP) is 8.46. The van der Waals surface area contributed by atoms with Gasteiger partial charge in [0.25, 0.3) is 0 Å². The van der Waals surface area contributed by atoms with E-state index in [1.165, 1.54) is 30.3 Å². The summed E-state index contributed by atoms with van der Waals surface area (Å²) in [7, 11) is 0. The summed E-state index contributed by atoms with van der Waals surface area (Å²) in [6, 6.07) is 10.0. The van der Waals surface area contributed by atoms with Gasteiger partial charge in [0.15, 0.2) is 0 Å². The fourth-order valence-electron chi connectivity index (χ4n) is 3.51. The molecular formula is C22H16ClF13O. The Morgan fingerprint density at radius 1 is 0.649 bits per heavy atom. The quantitative estimate of drug-likeness (QED) is 0.296. The lowest BCUT2D eigenvalue weighted by Crippen LogP contribution is -2.70. The minimum atomic E-state index is -8.02. The first-order chi connectivity index (χ1) is 16.5. The van der Waals surface area contributed by atoms with Gasteiger partial charge < -0.3 is 5.11 Å². The highest BCUT2D eigenvalue weighted by molar-refractivity contribution is 6.30. The number of hydrogen-bond donors (Lipinski definition) is 1. The van der Waals surface area contributed by atoms with E-state index in [1.807, 2.05) is 0 Å². The number of alkyl halides is 13. The van der Waals surface area contributed by atoms with Crippen molar-refractivity contribution >= 4 is 11.6 Å². The second kappa shape index (κ2) is 9.51. The summed E-state index contributed by atoms with van der Waals surface area (Å²) >= 11 is 5.66. The van der Waals surface area contributed by atoms with Gasteiger partial charge in [-0.1, -0.05) is 61.0 Å². The molecule has 2 rings (SSSR count). The third kappa shape index (κ3) is 4.98. The first-order valence-corrected chi connectivity index (χ1v) is 10.3. The highest BCUT2D eigenvalue weighted by atomic mass is 35.5. The summed E-state index contributed by atoms with van der Waals surface area (Å²) < 4.78 is 177. The standard InChI is InChI=1S/C22H16ClF13O/c1-12(13-5-3-2-4-6-13)16(37,14-7-9-15(23)10-8-14)11-17(24,25)18(26,27)19(28,29)20(30,31)21(32,33)22(34,35)36/h2-10,12,37H,11H2,1H3. The Labute approximate surface area is 205 Å². The van der Waals surface area contributed by atoms with Crippen LogP contribution in [0.2, 0.25) is 5.02 Å². The third-order valence-electron chi connectivity index (χ3n) is 5.85. The van der Waals surface area contributed by atoms with Crippen LogP contribution in [0.1, 0.15) is 30.4 Å². The third-order valence-corrected chi connectivity index (χ3v) is 6.10. The molecule has 2 aromatic carbocycles. The summed E-state index contributed by atoms with van der Waals surface area (Å²) in [5, 5.41) is 11.1. The Kier molecular flexibility index (Phi) is 7.97. The van der Waals surface area contributed by atoms with Crippen LogP contribution in [0.4, 0.5) is 57.1 Å². The van der Waals surface area contributed by atoms with Crippen LogP contribution in [0, 0.1) is 0 Å². The first kappa shape index (κ1) is 31.0. The van der Waals surface area contributed by atoms with E-state index in [4.69, 9.17) is 11.6 Å². The zero-order chi connectivity index (χ0) is 28.9. The second-order valence-corrected chi connectivity index (χ2v) is 8.68. The van der Waals surface area contributed by atoms with Gasteiger partial charge in [0, 0.05) is 10.9 Å². The summed E-state index contributed by atoms with van der Waals surface area (Å²) in [6.07, 6.45) is -10.3. The molecule has 0 saturated heterocycles. The van der Waals surface area contributed by atoms with Gasteiger partial charge in [-0.3, -0.25) is 0 Å². The summed E-state index contributed by atoms with van der Waals surface area (Å²) in [4.78, 5) is 0. The van der Waals surface area contributed by atoms with Crippen LogP contribution in [-0.2, 0) is 5.60 Å². The van der Waals surface area contributed by atoms with Gasteiger partial charge in [-0.25, -0.2) is 0 Å². The molecule has 0 spiro atoms. The van der Waals surface area contributed by atoms with Gasteiger partial charge in [0.2, 0.25) is 0 Å². The van der Waals surface area contributed by atoms with E-state index < -0.39 is 59.3 Å². The monoisotopic (exact) mass is 578 g/mol. The topological polar surface area (TPSA) is 20.2 Å². The molecule has 0 radical (unpaired) electrons. The number of benzene rings is 2. The van der Waals surface area contributed by atoms with Gasteiger partial charge in [-0.05, 0) is 23.3 Å². The van der Waals surface area contributed by atoms with Crippen molar-refractivity contribution in [2.75, 3.05) is 0 Å². The van der Waals surface area contributed by atoms with Crippen molar-refractivity contribution in [1.29, 1.82) is 0 Å². The molecule has 0 aliphatic carbocycles. The molecular weight excluding hydrogens is 563 g/mol. The van der Waals surface area contributed by atoms with Gasteiger partial charge in [-0.15, -0.1) is 0 Å². The van der Waals surface area contributed by atoms with Crippen molar-refractivity contribution in [1.82, 2.24) is 0 Å². The fraction of sp³-hybridized carbons (Fsp3) is 0.455. The van der Waals surface area contributed by atoms with Crippen LogP contribution in [0.5, 0.6) is 0 Å². The Balaban J connectivity index is 2.67. The maximum absolute atomic E-state index is 14.8. The van der Waals surface area contributed by atoms with E-state index in [0.29, 0.717) is 0 Å². The molecule has 2 unspecified atom stereocenters. The van der Waals surface area contributed by atoms with Gasteiger partial charge in [-0.2, -0.15) is 57.1 Å². The van der Waals surface area contributed by atoms with Crippen molar-refractivity contribution < 1.29 is 62.2 Å². The smallest absolute Gasteiger partial charge is 0.384 e. The average Bonchev–Trinajstić information content (AvgIpc) is 2.77. The van der Waals surface area contributed by atoms with E-state index >= 15 is 0 Å². The number of aliphatic hydroxyl groups is 1. The number of hydrogen-bond acceptors (Lipinski definition) is 1. The Hall–Kier alpha value is -2.22. The van der Waals surface area contributed by atoms with Crippen molar-refractivity contribution in [3.63, 3.8) is 0 Å². The molecule has 0 heterocycles. The molecule has 1 N–H and O–H groups in total. The van der Waals surface area contributed by atoms with Crippen LogP contribution in [-0.4, -0.2) is 40.9 Å². The maximum Gasteiger partial charge on any atom is 0.460 e. The van der Waals surface area contributed by atoms with Gasteiger partial charge in [0.05, 0.1) is 6.42 Å². The molecule has 208 valence electrons. The lowest BCUT2D eigenvalue weighted by Gasteiger charge is -2.43. The predicted molar refractivity (Wildman–Crippen MR) is 106 cm³/mol. The Morgan fingerprint density at radius 2 is 1.08 bits per heavy atom.